The molecule has 1 aliphatic rings. The summed E-state index contributed by atoms with van der Waals surface area (Å²) >= 11 is 0. The number of ether oxygens (including phenoxy) is 1. The molecule has 0 saturated heterocycles. The van der Waals surface area contributed by atoms with Crippen LogP contribution in [0.15, 0.2) is 79.0 Å². The number of aromatic nitrogens is 1. The number of carbonyl (C=O) groups excluding carboxylic acids is 1. The second kappa shape index (κ2) is 7.09. The third-order valence-electron chi connectivity index (χ3n) is 5.61. The fraction of sp³-hybridized carbons (Fsp3) is 0.120. The summed E-state index contributed by atoms with van der Waals surface area (Å²) in [7, 11) is 0. The first kappa shape index (κ1) is 18.0. The molecule has 2 heterocycles. The molecule has 5 heteroatoms. The first-order valence-corrected chi connectivity index (χ1v) is 9.78. The maximum atomic E-state index is 13.4. The Kier molecular flexibility index (Phi) is 4.26. The number of hydrogen-bond acceptors (Lipinski definition) is 4. The molecule has 3 aromatic carbocycles. The van der Waals surface area contributed by atoms with Gasteiger partial charge in [0.25, 0.3) is 0 Å². The van der Waals surface area contributed by atoms with Gasteiger partial charge in [-0.05, 0) is 35.9 Å². The summed E-state index contributed by atoms with van der Waals surface area (Å²) in [5.41, 5.74) is 2.97. The fourth-order valence-electron chi connectivity index (χ4n) is 4.12. The number of anilines is 1. The van der Waals surface area contributed by atoms with Gasteiger partial charge in [-0.1, -0.05) is 42.5 Å². The minimum Gasteiger partial charge on any atom is -0.489 e. The molecule has 146 valence electrons. The molecule has 0 radical (unpaired) electrons. The van der Waals surface area contributed by atoms with Crippen LogP contribution in [0.25, 0.3) is 10.9 Å². The topological polar surface area (TPSA) is 77.9 Å². The predicted molar refractivity (Wildman–Crippen MR) is 115 cm³/mol. The Morgan fingerprint density at radius 1 is 1.00 bits per heavy atom. The van der Waals surface area contributed by atoms with E-state index in [9.17, 15) is 10.1 Å². The van der Waals surface area contributed by atoms with Crippen molar-refractivity contribution in [2.24, 2.45) is 0 Å². The van der Waals surface area contributed by atoms with Gasteiger partial charge in [-0.2, -0.15) is 5.26 Å². The van der Waals surface area contributed by atoms with Crippen LogP contribution < -0.4 is 10.1 Å². The lowest BCUT2D eigenvalue weighted by atomic mass is 9.83. The Morgan fingerprint density at radius 2 is 1.80 bits per heavy atom. The van der Waals surface area contributed by atoms with E-state index in [-0.39, 0.29) is 12.2 Å². The molecular formula is C25H19N3O2. The summed E-state index contributed by atoms with van der Waals surface area (Å²) in [6.45, 7) is 0.456. The van der Waals surface area contributed by atoms with Crippen molar-refractivity contribution in [2.75, 3.05) is 5.32 Å². The van der Waals surface area contributed by atoms with E-state index in [4.69, 9.17) is 4.74 Å². The van der Waals surface area contributed by atoms with Gasteiger partial charge in [0.1, 0.15) is 17.9 Å². The van der Waals surface area contributed by atoms with Gasteiger partial charge in [0.15, 0.2) is 5.78 Å². The predicted octanol–water partition coefficient (Wildman–Crippen LogP) is 5.16. The molecule has 1 unspecified atom stereocenters. The van der Waals surface area contributed by atoms with Crippen molar-refractivity contribution in [3.05, 3.63) is 95.7 Å². The van der Waals surface area contributed by atoms with E-state index in [1.165, 1.54) is 0 Å². The molecule has 1 atom stereocenters. The number of nitrogens with one attached hydrogen (secondary N) is 2. The lowest BCUT2D eigenvalue weighted by Crippen LogP contribution is -2.38. The summed E-state index contributed by atoms with van der Waals surface area (Å²) in [4.78, 5) is 16.6. The summed E-state index contributed by atoms with van der Waals surface area (Å²) in [6.07, 6.45) is 1.85. The van der Waals surface area contributed by atoms with Crippen LogP contribution in [0.4, 0.5) is 5.69 Å². The number of fused-ring (bicyclic) bond motifs is 2. The standard InChI is InChI=1S/C25H19N3O2/c26-13-12-25(24(29)19-8-4-5-9-23(19)28-25)21-15-27-22-11-10-18(14-20(21)22)30-16-17-6-2-1-3-7-17/h1-11,14-15,27-28H,12,16H2. The highest BCUT2D eigenvalue weighted by atomic mass is 16.5. The van der Waals surface area contributed by atoms with Crippen LogP contribution in [0.3, 0.4) is 0 Å². The molecule has 0 spiro atoms. The average molecular weight is 393 g/mol. The molecule has 0 bridgehead atoms. The molecule has 4 aromatic rings. The molecule has 0 saturated carbocycles. The average Bonchev–Trinajstić information content (AvgIpc) is 3.33. The Morgan fingerprint density at radius 3 is 2.60 bits per heavy atom. The van der Waals surface area contributed by atoms with Crippen molar-refractivity contribution in [2.45, 2.75) is 18.6 Å². The SMILES string of the molecule is N#CCC1(c2c[nH]c3ccc(OCc4ccccc4)cc23)Nc2ccccc2C1=O. The first-order chi connectivity index (χ1) is 14.7. The van der Waals surface area contributed by atoms with E-state index >= 15 is 0 Å². The monoisotopic (exact) mass is 393 g/mol. The summed E-state index contributed by atoms with van der Waals surface area (Å²) in [5, 5.41) is 13.8. The number of rotatable bonds is 5. The Bertz CT molecular complexity index is 1290. The zero-order chi connectivity index (χ0) is 20.6. The molecular weight excluding hydrogens is 374 g/mol. The van der Waals surface area contributed by atoms with Gasteiger partial charge in [0.05, 0.1) is 12.5 Å². The van der Waals surface area contributed by atoms with Crippen LogP contribution in [0.1, 0.15) is 27.9 Å². The first-order valence-electron chi connectivity index (χ1n) is 9.78. The fourth-order valence-corrected chi connectivity index (χ4v) is 4.12. The largest absolute Gasteiger partial charge is 0.489 e. The number of nitriles is 1. The van der Waals surface area contributed by atoms with E-state index in [2.05, 4.69) is 16.4 Å². The Balaban J connectivity index is 1.55. The zero-order valence-electron chi connectivity index (χ0n) is 16.2. The Hall–Kier alpha value is -4.04. The van der Waals surface area contributed by atoms with Crippen molar-refractivity contribution in [3.8, 4) is 11.8 Å². The Labute approximate surface area is 173 Å². The van der Waals surface area contributed by atoms with Gasteiger partial charge in [0.2, 0.25) is 0 Å². The number of ketones is 1. The van der Waals surface area contributed by atoms with Crippen molar-refractivity contribution in [3.63, 3.8) is 0 Å². The van der Waals surface area contributed by atoms with E-state index < -0.39 is 5.54 Å². The van der Waals surface area contributed by atoms with Gasteiger partial charge in [-0.25, -0.2) is 0 Å². The summed E-state index contributed by atoms with van der Waals surface area (Å²) in [6, 6.07) is 25.3. The lowest BCUT2D eigenvalue weighted by molar-refractivity contribution is 0.0920. The number of Topliss-reactive ketones (excluding diaryl/α,β-unsaturated/α-hetero) is 1. The number of benzene rings is 3. The van der Waals surface area contributed by atoms with Gasteiger partial charge in [-0.3, -0.25) is 4.79 Å². The molecule has 1 aromatic heterocycles. The van der Waals surface area contributed by atoms with Crippen molar-refractivity contribution in [1.82, 2.24) is 4.98 Å². The van der Waals surface area contributed by atoms with Gasteiger partial charge in [0, 0.05) is 33.9 Å². The number of carbonyl (C=O) groups is 1. The maximum Gasteiger partial charge on any atom is 0.195 e. The molecule has 0 amide bonds. The molecule has 0 fully saturated rings. The smallest absolute Gasteiger partial charge is 0.195 e. The summed E-state index contributed by atoms with van der Waals surface area (Å²) in [5.74, 6) is 0.624. The van der Waals surface area contributed by atoms with E-state index in [0.717, 1.165) is 27.7 Å². The highest BCUT2D eigenvalue weighted by molar-refractivity contribution is 6.15. The third-order valence-corrected chi connectivity index (χ3v) is 5.61. The molecule has 0 aliphatic carbocycles. The molecule has 30 heavy (non-hydrogen) atoms. The van der Waals surface area contributed by atoms with Gasteiger partial charge >= 0.3 is 0 Å². The van der Waals surface area contributed by atoms with Crippen molar-refractivity contribution >= 4 is 22.4 Å². The molecule has 2 N–H and O–H groups in total. The second-order valence-corrected chi connectivity index (χ2v) is 7.42. The third kappa shape index (κ3) is 2.82. The van der Waals surface area contributed by atoms with Crippen LogP contribution >= 0.6 is 0 Å². The molecule has 1 aliphatic heterocycles. The van der Waals surface area contributed by atoms with Gasteiger partial charge in [-0.15, -0.1) is 0 Å². The molecule has 5 rings (SSSR count). The van der Waals surface area contributed by atoms with E-state index in [1.807, 2.05) is 72.9 Å². The van der Waals surface area contributed by atoms with Crippen LogP contribution in [0.5, 0.6) is 5.75 Å². The number of para-hydroxylation sites is 1. The van der Waals surface area contributed by atoms with Crippen molar-refractivity contribution in [1.29, 1.82) is 5.26 Å². The number of H-pyrrole nitrogens is 1. The highest BCUT2D eigenvalue weighted by Gasteiger charge is 2.47. The van der Waals surface area contributed by atoms with Crippen molar-refractivity contribution < 1.29 is 9.53 Å². The number of hydrogen-bond donors (Lipinski definition) is 2. The minimum absolute atomic E-state index is 0.0303. The molecule has 5 nitrogen and oxygen atoms in total. The maximum absolute atomic E-state index is 13.4. The zero-order valence-corrected chi connectivity index (χ0v) is 16.2. The van der Waals surface area contributed by atoms with Crippen LogP contribution in [0.2, 0.25) is 0 Å². The normalized spacial score (nSPS) is 17.4. The van der Waals surface area contributed by atoms with E-state index in [1.54, 1.807) is 6.07 Å². The highest BCUT2D eigenvalue weighted by Crippen LogP contribution is 2.44. The van der Waals surface area contributed by atoms with Crippen LogP contribution in [-0.4, -0.2) is 10.8 Å². The second-order valence-electron chi connectivity index (χ2n) is 7.42. The van der Waals surface area contributed by atoms with Crippen LogP contribution in [-0.2, 0) is 12.1 Å². The van der Waals surface area contributed by atoms with Crippen LogP contribution in [0, 0.1) is 11.3 Å². The summed E-state index contributed by atoms with van der Waals surface area (Å²) < 4.78 is 5.98. The van der Waals surface area contributed by atoms with Gasteiger partial charge < -0.3 is 15.0 Å². The number of aromatic amines is 1. The number of nitrogens with zero attached hydrogens (tertiary/aromatic N) is 1. The quantitative estimate of drug-likeness (QED) is 0.491. The minimum atomic E-state index is -1.12. The lowest BCUT2D eigenvalue weighted by Gasteiger charge is -2.25. The van der Waals surface area contributed by atoms with E-state index in [0.29, 0.717) is 17.9 Å².